The second-order valence-corrected chi connectivity index (χ2v) is 6.21. The minimum atomic E-state index is -2.97. The molecule has 0 aliphatic rings. The van der Waals surface area contributed by atoms with Crippen LogP contribution in [-0.4, -0.2) is 49.1 Å². The molecule has 0 bridgehead atoms. The Bertz CT molecular complexity index is 277. The molecule has 0 aliphatic heterocycles. The lowest BCUT2D eigenvalue weighted by atomic mass is 10.3. The van der Waals surface area contributed by atoms with Gasteiger partial charge in [0.2, 0.25) is 0 Å². The zero-order valence-corrected chi connectivity index (χ0v) is 13.2. The van der Waals surface area contributed by atoms with Gasteiger partial charge in [-0.15, -0.1) is 0 Å². The second-order valence-electron chi connectivity index (χ2n) is 3.81. The van der Waals surface area contributed by atoms with Gasteiger partial charge in [-0.25, -0.2) is 4.79 Å². The normalized spacial score (nSPS) is 11.4. The van der Waals surface area contributed by atoms with E-state index in [2.05, 4.69) is 6.58 Å². The first-order valence-electron chi connectivity index (χ1n) is 6.22. The molecule has 0 aliphatic carbocycles. The van der Waals surface area contributed by atoms with Crippen molar-refractivity contribution in [3.8, 4) is 0 Å². The number of ether oxygens (including phenoxy) is 1. The van der Waals surface area contributed by atoms with Crippen LogP contribution < -0.4 is 0 Å². The van der Waals surface area contributed by atoms with Crippen molar-refractivity contribution < 1.29 is 27.2 Å². The molecule has 0 saturated heterocycles. The van der Waals surface area contributed by atoms with Gasteiger partial charge in [0.05, 0.1) is 6.61 Å². The first kappa shape index (κ1) is 18.3. The number of esters is 1. The highest BCUT2D eigenvalue weighted by molar-refractivity contribution is 6.53. The molecule has 0 amide bonds. The number of unbranched alkanes of at least 4 members (excludes halogenated alkanes) is 1. The van der Waals surface area contributed by atoms with E-state index in [-0.39, 0.29) is 5.97 Å². The predicted octanol–water partition coefficient (Wildman–Crippen LogP) is 1.67. The van der Waals surface area contributed by atoms with E-state index in [4.69, 9.17) is 22.4 Å². The monoisotopic (exact) mass is 292 g/mol. The topological polar surface area (TPSA) is 63.2 Å². The summed E-state index contributed by atoms with van der Waals surface area (Å²) in [7, 11) is 0.0348. The zero-order chi connectivity index (χ0) is 14.7. The molecule has 0 aromatic rings. The number of carbonyl (C=O) groups is 1. The summed E-state index contributed by atoms with van der Waals surface area (Å²) in [5, 5.41) is 0. The fraction of sp³-hybridized carbons (Fsp3) is 0.750. The third-order valence-corrected chi connectivity index (χ3v) is 4.42. The Labute approximate surface area is 116 Å². The summed E-state index contributed by atoms with van der Waals surface area (Å²) in [5.41, 5.74) is 0.401. The van der Waals surface area contributed by atoms with Gasteiger partial charge in [-0.2, -0.15) is 0 Å². The number of carbonyl (C=O) groups excluding carboxylic acids is 1. The average molecular weight is 292 g/mol. The molecule has 19 heavy (non-hydrogen) atoms. The van der Waals surface area contributed by atoms with E-state index in [1.807, 2.05) is 6.92 Å². The summed E-state index contributed by atoms with van der Waals surface area (Å²) < 4.78 is 26.2. The quantitative estimate of drug-likeness (QED) is 0.250. The summed E-state index contributed by atoms with van der Waals surface area (Å²) in [4.78, 5) is 11.1. The molecule has 0 rings (SSSR count). The van der Waals surface area contributed by atoms with Gasteiger partial charge in [0, 0.05) is 33.0 Å². The Balaban J connectivity index is 3.77. The van der Waals surface area contributed by atoms with Gasteiger partial charge in [0.1, 0.15) is 0 Å². The molecular weight excluding hydrogens is 268 g/mol. The fourth-order valence-electron chi connectivity index (χ4n) is 1.23. The van der Waals surface area contributed by atoms with Crippen LogP contribution in [0.3, 0.4) is 0 Å². The molecule has 0 radical (unpaired) electrons. The van der Waals surface area contributed by atoms with Crippen LogP contribution in [0.25, 0.3) is 0 Å². The van der Waals surface area contributed by atoms with Crippen LogP contribution in [-0.2, 0) is 27.2 Å². The fourth-order valence-corrected chi connectivity index (χ4v) is 2.70. The SMILES string of the molecule is C=C(C)C(=O)OCCCCO[Si](OC)(OC)OCC. The molecule has 6 nitrogen and oxygen atoms in total. The van der Waals surface area contributed by atoms with Gasteiger partial charge in [-0.3, -0.25) is 0 Å². The van der Waals surface area contributed by atoms with Crippen LogP contribution in [0.2, 0.25) is 0 Å². The molecule has 0 unspecified atom stereocenters. The summed E-state index contributed by atoms with van der Waals surface area (Å²) >= 11 is 0. The Hall–Kier alpha value is -0.733. The van der Waals surface area contributed by atoms with Crippen molar-refractivity contribution >= 4 is 15.0 Å². The van der Waals surface area contributed by atoms with E-state index < -0.39 is 9.05 Å². The van der Waals surface area contributed by atoms with Crippen LogP contribution >= 0.6 is 0 Å². The summed E-state index contributed by atoms with van der Waals surface area (Å²) in [6, 6.07) is 0. The van der Waals surface area contributed by atoms with E-state index in [1.165, 1.54) is 14.2 Å². The number of hydrogen-bond acceptors (Lipinski definition) is 6. The lowest BCUT2D eigenvalue weighted by molar-refractivity contribution is -0.139. The average Bonchev–Trinajstić information content (AvgIpc) is 2.41. The van der Waals surface area contributed by atoms with Gasteiger partial charge in [0.15, 0.2) is 0 Å². The second kappa shape index (κ2) is 10.1. The molecule has 0 saturated carbocycles. The van der Waals surface area contributed by atoms with Gasteiger partial charge in [-0.1, -0.05) is 6.58 Å². The molecule has 0 fully saturated rings. The Morgan fingerprint density at radius 2 is 1.68 bits per heavy atom. The van der Waals surface area contributed by atoms with Crippen LogP contribution in [0.4, 0.5) is 0 Å². The highest BCUT2D eigenvalue weighted by atomic mass is 28.4. The van der Waals surface area contributed by atoms with Crippen molar-refractivity contribution in [1.82, 2.24) is 0 Å². The van der Waals surface area contributed by atoms with Crippen molar-refractivity contribution in [2.75, 3.05) is 34.0 Å². The predicted molar refractivity (Wildman–Crippen MR) is 72.4 cm³/mol. The molecule has 0 aromatic heterocycles. The van der Waals surface area contributed by atoms with E-state index >= 15 is 0 Å². The van der Waals surface area contributed by atoms with Gasteiger partial charge >= 0.3 is 15.0 Å². The summed E-state index contributed by atoms with van der Waals surface area (Å²) in [6.45, 7) is 8.20. The summed E-state index contributed by atoms with van der Waals surface area (Å²) in [6.07, 6.45) is 1.42. The summed E-state index contributed by atoms with van der Waals surface area (Å²) in [5.74, 6) is -0.368. The third-order valence-electron chi connectivity index (χ3n) is 2.22. The van der Waals surface area contributed by atoms with E-state index in [9.17, 15) is 4.79 Å². The van der Waals surface area contributed by atoms with E-state index in [1.54, 1.807) is 6.92 Å². The maximum Gasteiger partial charge on any atom is 0.679 e. The minimum absolute atomic E-state index is 0.345. The molecule has 0 N–H and O–H groups in total. The van der Waals surface area contributed by atoms with Crippen LogP contribution in [0, 0.1) is 0 Å². The van der Waals surface area contributed by atoms with E-state index in [0.29, 0.717) is 31.8 Å². The standard InChI is InChI=1S/C12H24O6Si/c1-6-17-19(14-4,15-5)18-10-8-7-9-16-12(13)11(2)3/h2,6-10H2,1,3-5H3. The highest BCUT2D eigenvalue weighted by Crippen LogP contribution is 2.10. The van der Waals surface area contributed by atoms with Gasteiger partial charge in [-0.05, 0) is 26.7 Å². The van der Waals surface area contributed by atoms with Crippen LogP contribution in [0.5, 0.6) is 0 Å². The highest BCUT2D eigenvalue weighted by Gasteiger charge is 2.42. The number of rotatable bonds is 11. The largest absolute Gasteiger partial charge is 0.679 e. The lowest BCUT2D eigenvalue weighted by Crippen LogP contribution is -2.47. The van der Waals surface area contributed by atoms with Crippen LogP contribution in [0.15, 0.2) is 12.2 Å². The molecule has 0 heterocycles. The lowest BCUT2D eigenvalue weighted by Gasteiger charge is -2.24. The van der Waals surface area contributed by atoms with Crippen molar-refractivity contribution in [1.29, 1.82) is 0 Å². The molecular formula is C12H24O6Si. The van der Waals surface area contributed by atoms with Crippen molar-refractivity contribution in [3.63, 3.8) is 0 Å². The third kappa shape index (κ3) is 7.43. The van der Waals surface area contributed by atoms with Crippen LogP contribution in [0.1, 0.15) is 26.7 Å². The van der Waals surface area contributed by atoms with Gasteiger partial charge in [0.25, 0.3) is 0 Å². The molecule has 0 atom stereocenters. The van der Waals surface area contributed by atoms with E-state index in [0.717, 1.165) is 6.42 Å². The van der Waals surface area contributed by atoms with Gasteiger partial charge < -0.3 is 22.4 Å². The van der Waals surface area contributed by atoms with Crippen molar-refractivity contribution in [2.24, 2.45) is 0 Å². The molecule has 7 heteroatoms. The van der Waals surface area contributed by atoms with Crippen molar-refractivity contribution in [2.45, 2.75) is 26.7 Å². The Kier molecular flexibility index (Phi) is 9.71. The van der Waals surface area contributed by atoms with Crippen molar-refractivity contribution in [3.05, 3.63) is 12.2 Å². The molecule has 0 aromatic carbocycles. The first-order valence-corrected chi connectivity index (χ1v) is 7.85. The molecule has 112 valence electrons. The molecule has 0 spiro atoms. The minimum Gasteiger partial charge on any atom is -0.462 e. The first-order chi connectivity index (χ1) is 9.01. The zero-order valence-electron chi connectivity index (χ0n) is 12.2. The Morgan fingerprint density at radius 1 is 1.11 bits per heavy atom. The Morgan fingerprint density at radius 3 is 2.16 bits per heavy atom. The smallest absolute Gasteiger partial charge is 0.462 e. The maximum absolute atomic E-state index is 11.1. The maximum atomic E-state index is 11.1. The number of hydrogen-bond donors (Lipinski definition) is 0.